The van der Waals surface area contributed by atoms with Crippen LogP contribution in [0.5, 0.6) is 0 Å². The maximum Gasteiger partial charge on any atom is 0.227 e. The number of aromatic nitrogens is 2. The molecule has 3 rings (SSSR count). The summed E-state index contributed by atoms with van der Waals surface area (Å²) in [5, 5.41) is 3.33. The first-order valence-corrected chi connectivity index (χ1v) is 8.79. The number of nitrogen functional groups attached to an aromatic ring is 1. The van der Waals surface area contributed by atoms with Gasteiger partial charge in [-0.1, -0.05) is 27.5 Å². The lowest BCUT2D eigenvalue weighted by Gasteiger charge is -2.32. The Morgan fingerprint density at radius 3 is 2.58 bits per heavy atom. The molecule has 0 saturated carbocycles. The zero-order valence-electron chi connectivity index (χ0n) is 12.9. The van der Waals surface area contributed by atoms with Gasteiger partial charge < -0.3 is 16.0 Å². The Morgan fingerprint density at radius 1 is 1.25 bits per heavy atom. The van der Waals surface area contributed by atoms with Crippen molar-refractivity contribution in [2.24, 2.45) is 5.92 Å². The van der Waals surface area contributed by atoms with E-state index in [1.54, 1.807) is 0 Å². The van der Waals surface area contributed by atoms with Crippen LogP contribution in [-0.4, -0.2) is 29.0 Å². The molecule has 126 valence electrons. The molecule has 1 saturated heterocycles. The first kappa shape index (κ1) is 17.0. The monoisotopic (exact) mass is 409 g/mol. The second kappa shape index (κ2) is 7.36. The Hall–Kier alpha value is -1.86. The Kier molecular flexibility index (Phi) is 5.20. The van der Waals surface area contributed by atoms with Crippen molar-refractivity contribution in [2.75, 3.05) is 29.0 Å². The van der Waals surface area contributed by atoms with Crippen molar-refractivity contribution in [3.05, 3.63) is 40.1 Å². The highest BCUT2D eigenvalue weighted by Crippen LogP contribution is 2.30. The molecule has 0 atom stereocenters. The number of nitrogens with two attached hydrogens (primary N) is 1. The van der Waals surface area contributed by atoms with E-state index in [2.05, 4.69) is 31.2 Å². The Bertz CT molecular complexity index is 732. The molecule has 2 heterocycles. The Morgan fingerprint density at radius 2 is 1.92 bits per heavy atom. The normalized spacial score (nSPS) is 15.3. The van der Waals surface area contributed by atoms with Gasteiger partial charge in [-0.25, -0.2) is 9.97 Å². The summed E-state index contributed by atoms with van der Waals surface area (Å²) in [6, 6.07) is 7.56. The molecule has 2 aromatic rings. The van der Waals surface area contributed by atoms with Gasteiger partial charge in [0.1, 0.15) is 17.2 Å². The lowest BCUT2D eigenvalue weighted by molar-refractivity contribution is -0.120. The molecule has 1 aromatic heterocycles. The van der Waals surface area contributed by atoms with Crippen LogP contribution < -0.4 is 16.0 Å². The molecule has 0 unspecified atom stereocenters. The predicted molar refractivity (Wildman–Crippen MR) is 99.2 cm³/mol. The van der Waals surface area contributed by atoms with Gasteiger partial charge in [-0.05, 0) is 37.1 Å². The molecule has 6 nitrogen and oxygen atoms in total. The predicted octanol–water partition coefficient (Wildman–Crippen LogP) is 3.33. The molecule has 1 aliphatic heterocycles. The summed E-state index contributed by atoms with van der Waals surface area (Å²) in [5.74, 6) is 0.931. The van der Waals surface area contributed by atoms with Crippen LogP contribution in [0.25, 0.3) is 0 Å². The number of halogens is 2. The first-order chi connectivity index (χ1) is 11.5. The van der Waals surface area contributed by atoms with Gasteiger partial charge in [0.05, 0.1) is 0 Å². The fraction of sp³-hybridized carbons (Fsp3) is 0.312. The van der Waals surface area contributed by atoms with Crippen LogP contribution in [0.2, 0.25) is 5.02 Å². The number of carbonyl (C=O) groups is 1. The minimum atomic E-state index is -0.0251. The number of carbonyl (C=O) groups excluding carboxylic acids is 1. The maximum atomic E-state index is 12.4. The van der Waals surface area contributed by atoms with Crippen LogP contribution in [-0.2, 0) is 4.79 Å². The molecule has 0 bridgehead atoms. The van der Waals surface area contributed by atoms with Crippen LogP contribution in [0.1, 0.15) is 12.8 Å². The molecular weight excluding hydrogens is 394 g/mol. The van der Waals surface area contributed by atoms with E-state index in [1.165, 1.54) is 6.33 Å². The molecule has 0 radical (unpaired) electrons. The third kappa shape index (κ3) is 3.79. The number of nitrogens with zero attached hydrogens (tertiary/aromatic N) is 3. The topological polar surface area (TPSA) is 84.1 Å². The average molecular weight is 411 g/mol. The molecule has 3 N–H and O–H groups in total. The van der Waals surface area contributed by atoms with E-state index >= 15 is 0 Å². The summed E-state index contributed by atoms with van der Waals surface area (Å²) in [6.07, 6.45) is 2.88. The molecule has 1 aliphatic rings. The van der Waals surface area contributed by atoms with Crippen molar-refractivity contribution < 1.29 is 4.79 Å². The van der Waals surface area contributed by atoms with E-state index in [4.69, 9.17) is 17.3 Å². The minimum absolute atomic E-state index is 0.0251. The third-order valence-corrected chi connectivity index (χ3v) is 4.97. The summed E-state index contributed by atoms with van der Waals surface area (Å²) in [4.78, 5) is 22.5. The number of benzene rings is 1. The number of piperidine rings is 1. The van der Waals surface area contributed by atoms with E-state index in [0.29, 0.717) is 23.9 Å². The molecule has 0 spiro atoms. The van der Waals surface area contributed by atoms with E-state index in [9.17, 15) is 4.79 Å². The second-order valence-corrected chi connectivity index (χ2v) is 6.95. The zero-order valence-corrected chi connectivity index (χ0v) is 15.2. The van der Waals surface area contributed by atoms with Gasteiger partial charge in [-0.3, -0.25) is 4.79 Å². The van der Waals surface area contributed by atoms with Gasteiger partial charge in [0.15, 0.2) is 5.82 Å². The van der Waals surface area contributed by atoms with E-state index in [1.807, 2.05) is 29.2 Å². The number of anilines is 3. The zero-order chi connectivity index (χ0) is 17.1. The van der Waals surface area contributed by atoms with Gasteiger partial charge in [-0.2, -0.15) is 0 Å². The number of amides is 1. The number of hydrogen-bond donors (Lipinski definition) is 2. The van der Waals surface area contributed by atoms with Gasteiger partial charge >= 0.3 is 0 Å². The summed E-state index contributed by atoms with van der Waals surface area (Å²) in [6.45, 7) is 1.41. The highest BCUT2D eigenvalue weighted by Gasteiger charge is 2.27. The maximum absolute atomic E-state index is 12.4. The fourth-order valence-corrected chi connectivity index (χ4v) is 3.21. The summed E-state index contributed by atoms with van der Waals surface area (Å²) < 4.78 is 0.981. The Labute approximate surface area is 153 Å². The molecule has 1 fully saturated rings. The second-order valence-electron chi connectivity index (χ2n) is 5.65. The molecular formula is C16H17BrClN5O. The van der Waals surface area contributed by atoms with Crippen LogP contribution >= 0.6 is 27.5 Å². The number of rotatable bonds is 3. The van der Waals surface area contributed by atoms with Crippen LogP contribution in [0.15, 0.2) is 35.1 Å². The van der Waals surface area contributed by atoms with Gasteiger partial charge in [0.2, 0.25) is 5.91 Å². The van der Waals surface area contributed by atoms with Crippen LogP contribution in [0, 0.1) is 5.92 Å². The highest BCUT2D eigenvalue weighted by molar-refractivity contribution is 9.10. The van der Waals surface area contributed by atoms with Crippen LogP contribution in [0.3, 0.4) is 0 Å². The van der Waals surface area contributed by atoms with Crippen molar-refractivity contribution in [3.8, 4) is 0 Å². The lowest BCUT2D eigenvalue weighted by atomic mass is 9.96. The quantitative estimate of drug-likeness (QED) is 0.811. The molecule has 8 heteroatoms. The van der Waals surface area contributed by atoms with E-state index < -0.39 is 0 Å². The van der Waals surface area contributed by atoms with Crippen molar-refractivity contribution in [2.45, 2.75) is 12.8 Å². The van der Waals surface area contributed by atoms with Crippen molar-refractivity contribution >= 4 is 50.8 Å². The molecule has 24 heavy (non-hydrogen) atoms. The summed E-state index contributed by atoms with van der Waals surface area (Å²) in [5.41, 5.74) is 6.53. The van der Waals surface area contributed by atoms with Crippen molar-refractivity contribution in [3.63, 3.8) is 0 Å². The number of hydrogen-bond acceptors (Lipinski definition) is 5. The van der Waals surface area contributed by atoms with Crippen LogP contribution in [0.4, 0.5) is 17.3 Å². The van der Waals surface area contributed by atoms with E-state index in [0.717, 1.165) is 23.0 Å². The minimum Gasteiger partial charge on any atom is -0.382 e. The first-order valence-electron chi connectivity index (χ1n) is 7.62. The summed E-state index contributed by atoms with van der Waals surface area (Å²) >= 11 is 9.55. The standard InChI is InChI=1S/C16H17BrClN5O/c17-11-1-3-12(4-2-11)22-16(24)10-5-7-23(8-6-10)15-13(18)14(19)20-9-21-15/h1-4,9-10H,5-8H2,(H,22,24)(H2,19,20,21). The van der Waals surface area contributed by atoms with E-state index in [-0.39, 0.29) is 17.6 Å². The van der Waals surface area contributed by atoms with Gasteiger partial charge in [-0.15, -0.1) is 0 Å². The summed E-state index contributed by atoms with van der Waals surface area (Å²) in [7, 11) is 0. The lowest BCUT2D eigenvalue weighted by Crippen LogP contribution is -2.38. The smallest absolute Gasteiger partial charge is 0.227 e. The van der Waals surface area contributed by atoms with Crippen molar-refractivity contribution in [1.82, 2.24) is 9.97 Å². The molecule has 1 aromatic carbocycles. The van der Waals surface area contributed by atoms with Gasteiger partial charge in [0.25, 0.3) is 0 Å². The average Bonchev–Trinajstić information content (AvgIpc) is 2.59. The van der Waals surface area contributed by atoms with Gasteiger partial charge in [0, 0.05) is 29.2 Å². The van der Waals surface area contributed by atoms with Crippen molar-refractivity contribution in [1.29, 1.82) is 0 Å². The highest BCUT2D eigenvalue weighted by atomic mass is 79.9. The third-order valence-electron chi connectivity index (χ3n) is 4.08. The number of nitrogens with one attached hydrogen (secondary N) is 1. The largest absolute Gasteiger partial charge is 0.382 e. The Balaban J connectivity index is 1.59. The molecule has 1 amide bonds. The SMILES string of the molecule is Nc1ncnc(N2CCC(C(=O)Nc3ccc(Br)cc3)CC2)c1Cl. The molecule has 0 aliphatic carbocycles. The fourth-order valence-electron chi connectivity index (χ4n) is 2.73.